The first-order chi connectivity index (χ1) is 13.7. The van der Waals surface area contributed by atoms with Gasteiger partial charge < -0.3 is 15.1 Å². The van der Waals surface area contributed by atoms with Gasteiger partial charge in [-0.1, -0.05) is 30.3 Å². The van der Waals surface area contributed by atoms with E-state index in [0.29, 0.717) is 25.1 Å². The second-order valence-electron chi connectivity index (χ2n) is 7.14. The van der Waals surface area contributed by atoms with E-state index in [9.17, 15) is 9.59 Å². The van der Waals surface area contributed by atoms with Crippen molar-refractivity contribution in [1.82, 2.24) is 10.2 Å². The molecule has 2 aromatic carbocycles. The van der Waals surface area contributed by atoms with Crippen LogP contribution in [0.4, 0.5) is 5.69 Å². The van der Waals surface area contributed by atoms with E-state index in [0.717, 1.165) is 38.0 Å². The van der Waals surface area contributed by atoms with Crippen LogP contribution in [0.25, 0.3) is 0 Å². The molecule has 1 aliphatic heterocycles. The summed E-state index contributed by atoms with van der Waals surface area (Å²) in [5.41, 5.74) is 2.86. The lowest BCUT2D eigenvalue weighted by molar-refractivity contribution is -0.128. The van der Waals surface area contributed by atoms with Gasteiger partial charge in [-0.3, -0.25) is 9.59 Å². The highest BCUT2D eigenvalue weighted by molar-refractivity contribution is 5.94. The molecule has 1 saturated heterocycles. The Morgan fingerprint density at radius 2 is 1.96 bits per heavy atom. The first-order valence-electron chi connectivity index (χ1n) is 10.1. The van der Waals surface area contributed by atoms with Gasteiger partial charge in [-0.05, 0) is 49.6 Å². The maximum absolute atomic E-state index is 12.5. The van der Waals surface area contributed by atoms with E-state index in [-0.39, 0.29) is 11.8 Å². The molecule has 0 bridgehead atoms. The zero-order valence-corrected chi connectivity index (χ0v) is 16.6. The van der Waals surface area contributed by atoms with Crippen LogP contribution in [0, 0.1) is 0 Å². The summed E-state index contributed by atoms with van der Waals surface area (Å²) in [5, 5.41) is 3.01. The number of para-hydroxylation sites is 1. The van der Waals surface area contributed by atoms with Gasteiger partial charge in [0, 0.05) is 50.4 Å². The molecule has 0 aliphatic carbocycles. The van der Waals surface area contributed by atoms with Crippen LogP contribution in [0.3, 0.4) is 0 Å². The van der Waals surface area contributed by atoms with E-state index in [2.05, 4.69) is 29.3 Å². The van der Waals surface area contributed by atoms with E-state index in [1.54, 1.807) is 0 Å². The van der Waals surface area contributed by atoms with Gasteiger partial charge in [-0.15, -0.1) is 0 Å². The molecule has 5 heteroatoms. The Hall–Kier alpha value is -2.82. The molecule has 0 atom stereocenters. The van der Waals surface area contributed by atoms with Gasteiger partial charge in [0.05, 0.1) is 0 Å². The fraction of sp³-hybridized carbons (Fsp3) is 0.391. The van der Waals surface area contributed by atoms with E-state index < -0.39 is 0 Å². The number of hydrogen-bond acceptors (Lipinski definition) is 3. The highest BCUT2D eigenvalue weighted by atomic mass is 16.2. The highest BCUT2D eigenvalue weighted by Crippen LogP contribution is 2.15. The molecular weight excluding hydrogens is 350 g/mol. The lowest BCUT2D eigenvalue weighted by atomic mass is 10.1. The third-order valence-corrected chi connectivity index (χ3v) is 5.13. The van der Waals surface area contributed by atoms with Gasteiger partial charge in [0.2, 0.25) is 5.91 Å². The monoisotopic (exact) mass is 379 g/mol. The van der Waals surface area contributed by atoms with E-state index in [1.807, 2.05) is 47.4 Å². The molecular formula is C23H29N3O2. The predicted octanol–water partition coefficient (Wildman–Crippen LogP) is 3.46. The number of carbonyl (C=O) groups excluding carboxylic acids is 2. The average molecular weight is 380 g/mol. The summed E-state index contributed by atoms with van der Waals surface area (Å²) in [4.78, 5) is 28.4. The molecule has 0 spiro atoms. The minimum atomic E-state index is -0.0580. The number of anilines is 1. The summed E-state index contributed by atoms with van der Waals surface area (Å²) in [6.07, 6.45) is 2.45. The van der Waals surface area contributed by atoms with Gasteiger partial charge in [-0.25, -0.2) is 0 Å². The average Bonchev–Trinajstić information content (AvgIpc) is 3.13. The molecule has 1 aliphatic rings. The Bertz CT molecular complexity index is 791. The first-order valence-corrected chi connectivity index (χ1v) is 10.1. The maximum atomic E-state index is 12.5. The number of hydrogen-bond donors (Lipinski definition) is 1. The van der Waals surface area contributed by atoms with E-state index in [4.69, 9.17) is 0 Å². The Balaban J connectivity index is 1.47. The molecule has 2 amide bonds. The summed E-state index contributed by atoms with van der Waals surface area (Å²) in [7, 11) is 0. The van der Waals surface area contributed by atoms with E-state index >= 15 is 0 Å². The zero-order chi connectivity index (χ0) is 19.8. The van der Waals surface area contributed by atoms with Crippen LogP contribution >= 0.6 is 0 Å². The Morgan fingerprint density at radius 3 is 2.68 bits per heavy atom. The molecule has 148 valence electrons. The van der Waals surface area contributed by atoms with Gasteiger partial charge >= 0.3 is 0 Å². The SMILES string of the molecule is CCN(CCCNC(=O)c1cccc(CN2CCCC2=O)c1)c1ccccc1. The molecule has 0 unspecified atom stereocenters. The first kappa shape index (κ1) is 19.9. The highest BCUT2D eigenvalue weighted by Gasteiger charge is 2.20. The van der Waals surface area contributed by atoms with Crippen LogP contribution in [-0.2, 0) is 11.3 Å². The summed E-state index contributed by atoms with van der Waals surface area (Å²) < 4.78 is 0. The minimum absolute atomic E-state index is 0.0580. The maximum Gasteiger partial charge on any atom is 0.251 e. The predicted molar refractivity (Wildman–Crippen MR) is 112 cm³/mol. The lowest BCUT2D eigenvalue weighted by Gasteiger charge is -2.23. The number of nitrogens with one attached hydrogen (secondary N) is 1. The Morgan fingerprint density at radius 1 is 1.14 bits per heavy atom. The summed E-state index contributed by atoms with van der Waals surface area (Å²) >= 11 is 0. The molecule has 0 radical (unpaired) electrons. The fourth-order valence-electron chi connectivity index (χ4n) is 3.58. The molecule has 1 N–H and O–H groups in total. The zero-order valence-electron chi connectivity index (χ0n) is 16.6. The third kappa shape index (κ3) is 5.35. The molecule has 0 saturated carbocycles. The summed E-state index contributed by atoms with van der Waals surface area (Å²) in [6.45, 7) is 6.01. The normalized spacial score (nSPS) is 13.6. The molecule has 1 heterocycles. The van der Waals surface area contributed by atoms with Crippen molar-refractivity contribution >= 4 is 17.5 Å². The topological polar surface area (TPSA) is 52.7 Å². The fourth-order valence-corrected chi connectivity index (χ4v) is 3.58. The van der Waals surface area contributed by atoms with Gasteiger partial charge in [0.1, 0.15) is 0 Å². The van der Waals surface area contributed by atoms with Crippen molar-refractivity contribution in [1.29, 1.82) is 0 Å². The number of nitrogens with zero attached hydrogens (tertiary/aromatic N) is 2. The smallest absolute Gasteiger partial charge is 0.251 e. The molecule has 3 rings (SSSR count). The molecule has 0 aromatic heterocycles. The number of benzene rings is 2. The van der Waals surface area contributed by atoms with Gasteiger partial charge in [-0.2, -0.15) is 0 Å². The van der Waals surface area contributed by atoms with Crippen LogP contribution in [0.5, 0.6) is 0 Å². The van der Waals surface area contributed by atoms with Crippen molar-refractivity contribution in [3.63, 3.8) is 0 Å². The lowest BCUT2D eigenvalue weighted by Crippen LogP contribution is -2.30. The summed E-state index contributed by atoms with van der Waals surface area (Å²) in [5.74, 6) is 0.145. The van der Waals surface area contributed by atoms with Crippen LogP contribution in [0.1, 0.15) is 42.1 Å². The second-order valence-corrected chi connectivity index (χ2v) is 7.14. The van der Waals surface area contributed by atoms with Crippen molar-refractivity contribution in [2.24, 2.45) is 0 Å². The van der Waals surface area contributed by atoms with Crippen molar-refractivity contribution in [3.05, 3.63) is 65.7 Å². The molecule has 5 nitrogen and oxygen atoms in total. The third-order valence-electron chi connectivity index (χ3n) is 5.13. The van der Waals surface area contributed by atoms with Crippen molar-refractivity contribution in [2.75, 3.05) is 31.1 Å². The summed E-state index contributed by atoms with van der Waals surface area (Å²) in [6, 6.07) is 17.9. The number of carbonyl (C=O) groups is 2. The second kappa shape index (κ2) is 9.93. The van der Waals surface area contributed by atoms with Crippen molar-refractivity contribution < 1.29 is 9.59 Å². The minimum Gasteiger partial charge on any atom is -0.372 e. The standard InChI is InChI=1S/C23H29N3O2/c1-2-25(21-11-4-3-5-12-21)16-8-14-24-23(28)20-10-6-9-19(17-20)18-26-15-7-13-22(26)27/h3-6,9-12,17H,2,7-8,13-16,18H2,1H3,(H,24,28). The quantitative estimate of drug-likeness (QED) is 0.679. The Labute approximate surface area is 167 Å². The molecule has 1 fully saturated rings. The number of rotatable bonds is 9. The molecule has 28 heavy (non-hydrogen) atoms. The van der Waals surface area contributed by atoms with Crippen molar-refractivity contribution in [2.45, 2.75) is 32.7 Å². The van der Waals surface area contributed by atoms with Gasteiger partial charge in [0.25, 0.3) is 5.91 Å². The molecule has 2 aromatic rings. The van der Waals surface area contributed by atoms with Crippen LogP contribution < -0.4 is 10.2 Å². The van der Waals surface area contributed by atoms with E-state index in [1.165, 1.54) is 5.69 Å². The van der Waals surface area contributed by atoms with Crippen LogP contribution in [0.2, 0.25) is 0 Å². The van der Waals surface area contributed by atoms with Crippen molar-refractivity contribution in [3.8, 4) is 0 Å². The largest absolute Gasteiger partial charge is 0.372 e. The van der Waals surface area contributed by atoms with Crippen LogP contribution in [0.15, 0.2) is 54.6 Å². The Kier molecular flexibility index (Phi) is 7.06. The van der Waals surface area contributed by atoms with Crippen LogP contribution in [-0.4, -0.2) is 42.9 Å². The number of likely N-dealkylation sites (tertiary alicyclic amines) is 1. The van der Waals surface area contributed by atoms with Gasteiger partial charge in [0.15, 0.2) is 0 Å². The number of amides is 2.